The summed E-state index contributed by atoms with van der Waals surface area (Å²) in [6, 6.07) is 3.90. The van der Waals surface area contributed by atoms with Crippen LogP contribution in [0.4, 0.5) is 0 Å². The van der Waals surface area contributed by atoms with Gasteiger partial charge in [-0.15, -0.1) is 22.7 Å². The van der Waals surface area contributed by atoms with Gasteiger partial charge in [0.05, 0.1) is 9.75 Å². The van der Waals surface area contributed by atoms with E-state index in [1.165, 1.54) is 0 Å². The number of hydrogen-bond acceptors (Lipinski definition) is 3. The van der Waals surface area contributed by atoms with E-state index in [9.17, 15) is 5.11 Å². The van der Waals surface area contributed by atoms with E-state index in [-0.39, 0.29) is 0 Å². The van der Waals surface area contributed by atoms with Crippen LogP contribution in [0.15, 0.2) is 31.8 Å². The Bertz CT molecular complexity index is 395. The van der Waals surface area contributed by atoms with Crippen molar-refractivity contribution in [3.8, 4) is 0 Å². The van der Waals surface area contributed by atoms with Gasteiger partial charge in [0.25, 0.3) is 0 Å². The summed E-state index contributed by atoms with van der Waals surface area (Å²) in [6.45, 7) is 0. The second-order valence-corrected chi connectivity index (χ2v) is 6.27. The van der Waals surface area contributed by atoms with Crippen molar-refractivity contribution in [3.63, 3.8) is 0 Å². The number of rotatable bonds is 2. The Kier molecular flexibility index (Phi) is 3.44. The Hall–Kier alpha value is 0.320. The number of halogens is 2. The maximum absolute atomic E-state index is 10.1. The van der Waals surface area contributed by atoms with Crippen molar-refractivity contribution in [2.45, 2.75) is 6.10 Å². The largest absolute Gasteiger partial charge is 0.382 e. The van der Waals surface area contributed by atoms with E-state index in [4.69, 9.17) is 0 Å². The third-order valence-corrected chi connectivity index (χ3v) is 5.63. The molecule has 2 rings (SSSR count). The molecule has 5 heteroatoms. The zero-order chi connectivity index (χ0) is 10.1. The highest BCUT2D eigenvalue weighted by molar-refractivity contribution is 9.11. The zero-order valence-corrected chi connectivity index (χ0v) is 11.7. The van der Waals surface area contributed by atoms with E-state index in [1.54, 1.807) is 22.7 Å². The lowest BCUT2D eigenvalue weighted by atomic mass is 10.2. The first-order valence-electron chi connectivity index (χ1n) is 3.84. The predicted octanol–water partition coefficient (Wildman–Crippen LogP) is 4.42. The Morgan fingerprint density at radius 2 is 1.43 bits per heavy atom. The lowest BCUT2D eigenvalue weighted by Crippen LogP contribution is -1.95. The summed E-state index contributed by atoms with van der Waals surface area (Å²) in [7, 11) is 0. The van der Waals surface area contributed by atoms with E-state index in [0.717, 1.165) is 18.7 Å². The maximum Gasteiger partial charge on any atom is 0.125 e. The Balaban J connectivity index is 2.38. The van der Waals surface area contributed by atoms with Gasteiger partial charge in [0.1, 0.15) is 6.10 Å². The molecule has 0 aliphatic rings. The van der Waals surface area contributed by atoms with E-state index in [0.29, 0.717) is 0 Å². The molecule has 0 saturated carbocycles. The minimum atomic E-state index is -0.529. The summed E-state index contributed by atoms with van der Waals surface area (Å²) < 4.78 is 1.94. The second kappa shape index (κ2) is 4.45. The van der Waals surface area contributed by atoms with Crippen molar-refractivity contribution in [2.75, 3.05) is 0 Å². The van der Waals surface area contributed by atoms with E-state index in [1.807, 2.05) is 22.9 Å². The standard InChI is InChI=1S/C9H6Br2OS2/c10-5-1-3-13-8(5)7(12)9-6(11)2-4-14-9/h1-4,7,12H. The van der Waals surface area contributed by atoms with Gasteiger partial charge in [-0.05, 0) is 54.8 Å². The predicted molar refractivity (Wildman–Crippen MR) is 68.1 cm³/mol. The van der Waals surface area contributed by atoms with Crippen LogP contribution in [0, 0.1) is 0 Å². The minimum absolute atomic E-state index is 0.529. The molecule has 0 atom stereocenters. The van der Waals surface area contributed by atoms with Crippen molar-refractivity contribution >= 4 is 54.5 Å². The van der Waals surface area contributed by atoms with Gasteiger partial charge >= 0.3 is 0 Å². The first-order valence-corrected chi connectivity index (χ1v) is 7.18. The highest BCUT2D eigenvalue weighted by Gasteiger charge is 2.18. The molecule has 0 bridgehead atoms. The molecule has 0 amide bonds. The lowest BCUT2D eigenvalue weighted by molar-refractivity contribution is 0.226. The fraction of sp³-hybridized carbons (Fsp3) is 0.111. The average Bonchev–Trinajstić information content (AvgIpc) is 2.73. The van der Waals surface area contributed by atoms with Crippen molar-refractivity contribution in [1.29, 1.82) is 0 Å². The molecule has 0 radical (unpaired) electrons. The quantitative estimate of drug-likeness (QED) is 0.847. The van der Waals surface area contributed by atoms with Crippen LogP contribution in [0.5, 0.6) is 0 Å². The van der Waals surface area contributed by atoms with E-state index >= 15 is 0 Å². The molecule has 0 unspecified atom stereocenters. The summed E-state index contributed by atoms with van der Waals surface area (Å²) in [6.07, 6.45) is -0.529. The number of hydrogen-bond donors (Lipinski definition) is 1. The van der Waals surface area contributed by atoms with Crippen LogP contribution in [0.25, 0.3) is 0 Å². The number of aliphatic hydroxyl groups excluding tert-OH is 1. The molecule has 0 aliphatic heterocycles. The zero-order valence-electron chi connectivity index (χ0n) is 6.91. The minimum Gasteiger partial charge on any atom is -0.382 e. The van der Waals surface area contributed by atoms with Gasteiger partial charge in [-0.1, -0.05) is 0 Å². The fourth-order valence-electron chi connectivity index (χ4n) is 1.12. The van der Waals surface area contributed by atoms with Crippen LogP contribution in [-0.2, 0) is 0 Å². The lowest BCUT2D eigenvalue weighted by Gasteiger charge is -2.07. The first-order chi connectivity index (χ1) is 6.70. The molecule has 2 aromatic rings. The average molecular weight is 354 g/mol. The summed E-state index contributed by atoms with van der Waals surface area (Å²) in [5, 5.41) is 14.0. The molecular weight excluding hydrogens is 348 g/mol. The summed E-state index contributed by atoms with van der Waals surface area (Å²) >= 11 is 9.94. The first kappa shape index (κ1) is 10.8. The van der Waals surface area contributed by atoms with Gasteiger partial charge in [0.2, 0.25) is 0 Å². The normalized spacial score (nSPS) is 11.1. The number of aliphatic hydroxyl groups is 1. The van der Waals surface area contributed by atoms with Crippen molar-refractivity contribution < 1.29 is 5.11 Å². The highest BCUT2D eigenvalue weighted by Crippen LogP contribution is 2.38. The molecular formula is C9H6Br2OS2. The molecule has 1 N–H and O–H groups in total. The topological polar surface area (TPSA) is 20.2 Å². The number of thiophene rings is 2. The van der Waals surface area contributed by atoms with Gasteiger partial charge in [-0.2, -0.15) is 0 Å². The van der Waals surface area contributed by atoms with E-state index < -0.39 is 6.10 Å². The van der Waals surface area contributed by atoms with E-state index in [2.05, 4.69) is 31.9 Å². The molecule has 2 aromatic heterocycles. The van der Waals surface area contributed by atoms with Crippen molar-refractivity contribution in [1.82, 2.24) is 0 Å². The molecule has 2 heterocycles. The fourth-order valence-corrected chi connectivity index (χ4v) is 4.36. The summed E-state index contributed by atoms with van der Waals surface area (Å²) in [4.78, 5) is 1.90. The van der Waals surface area contributed by atoms with Crippen LogP contribution >= 0.6 is 54.5 Å². The molecule has 14 heavy (non-hydrogen) atoms. The van der Waals surface area contributed by atoms with Crippen LogP contribution < -0.4 is 0 Å². The monoisotopic (exact) mass is 352 g/mol. The summed E-state index contributed by atoms with van der Waals surface area (Å²) in [5.74, 6) is 0. The van der Waals surface area contributed by atoms with Gasteiger partial charge in [0.15, 0.2) is 0 Å². The molecule has 0 aromatic carbocycles. The Labute approximate surface area is 107 Å². The molecule has 1 nitrogen and oxygen atoms in total. The van der Waals surface area contributed by atoms with Crippen LogP contribution in [0.1, 0.15) is 15.9 Å². The van der Waals surface area contributed by atoms with Crippen LogP contribution in [-0.4, -0.2) is 5.11 Å². The van der Waals surface area contributed by atoms with Gasteiger partial charge in [0, 0.05) is 8.95 Å². The third kappa shape index (κ3) is 1.97. The van der Waals surface area contributed by atoms with Gasteiger partial charge in [-0.3, -0.25) is 0 Å². The van der Waals surface area contributed by atoms with Gasteiger partial charge < -0.3 is 5.11 Å². The highest BCUT2D eigenvalue weighted by atomic mass is 79.9. The van der Waals surface area contributed by atoms with Gasteiger partial charge in [-0.25, -0.2) is 0 Å². The SMILES string of the molecule is OC(c1sccc1Br)c1sccc1Br. The second-order valence-electron chi connectivity index (χ2n) is 2.67. The molecule has 0 fully saturated rings. The van der Waals surface area contributed by atoms with Crippen LogP contribution in [0.3, 0.4) is 0 Å². The Morgan fingerprint density at radius 1 is 1.00 bits per heavy atom. The molecule has 0 aliphatic carbocycles. The van der Waals surface area contributed by atoms with Crippen molar-refractivity contribution in [3.05, 3.63) is 41.6 Å². The molecule has 74 valence electrons. The maximum atomic E-state index is 10.1. The van der Waals surface area contributed by atoms with Crippen molar-refractivity contribution in [2.24, 2.45) is 0 Å². The summed E-state index contributed by atoms with van der Waals surface area (Å²) in [5.41, 5.74) is 0. The molecule has 0 saturated heterocycles. The molecule has 0 spiro atoms. The third-order valence-electron chi connectivity index (χ3n) is 1.79. The Morgan fingerprint density at radius 3 is 1.71 bits per heavy atom. The smallest absolute Gasteiger partial charge is 0.125 e. The van der Waals surface area contributed by atoms with Crippen LogP contribution in [0.2, 0.25) is 0 Å².